The monoisotopic (exact) mass is 381 g/mol. The van der Waals surface area contributed by atoms with Crippen molar-refractivity contribution in [3.8, 4) is 21.3 Å². The van der Waals surface area contributed by atoms with E-state index in [9.17, 15) is 0 Å². The molecule has 0 aliphatic heterocycles. The van der Waals surface area contributed by atoms with E-state index >= 15 is 0 Å². The first kappa shape index (κ1) is 18.1. The van der Waals surface area contributed by atoms with E-state index in [1.807, 2.05) is 31.5 Å². The van der Waals surface area contributed by atoms with Gasteiger partial charge in [0, 0.05) is 31.0 Å². The van der Waals surface area contributed by atoms with Crippen molar-refractivity contribution >= 4 is 16.9 Å². The van der Waals surface area contributed by atoms with E-state index in [1.165, 1.54) is 11.1 Å². The summed E-state index contributed by atoms with van der Waals surface area (Å²) in [5, 5.41) is 0.922. The molecule has 6 heteroatoms. The number of hydrogen-bond donors (Lipinski definition) is 0. The minimum atomic E-state index is 0.0942. The highest BCUT2D eigenvalue weighted by atomic mass is 32.1. The summed E-state index contributed by atoms with van der Waals surface area (Å²) >= 11 is 1.58. The van der Waals surface area contributed by atoms with E-state index in [0.29, 0.717) is 12.5 Å². The predicted molar refractivity (Wildman–Crippen MR) is 107 cm³/mol. The summed E-state index contributed by atoms with van der Waals surface area (Å²) in [6, 6.07) is 3.93. The molecule has 140 valence electrons. The van der Waals surface area contributed by atoms with Crippen molar-refractivity contribution in [1.29, 1.82) is 0 Å². The van der Waals surface area contributed by atoms with Gasteiger partial charge in [0.25, 0.3) is 0 Å². The topological polar surface area (TPSA) is 61.0 Å². The van der Waals surface area contributed by atoms with Crippen molar-refractivity contribution in [2.24, 2.45) is 0 Å². The van der Waals surface area contributed by atoms with Gasteiger partial charge in [0.1, 0.15) is 21.3 Å². The summed E-state index contributed by atoms with van der Waals surface area (Å²) in [5.41, 5.74) is 4.52. The third-order valence-corrected chi connectivity index (χ3v) is 5.98. The molecule has 0 amide bonds. The lowest BCUT2D eigenvalue weighted by atomic mass is 9.91. The molecule has 3 heterocycles. The maximum Gasteiger partial charge on any atom is 0.238 e. The lowest BCUT2D eigenvalue weighted by Crippen LogP contribution is -2.13. The zero-order valence-electron chi connectivity index (χ0n) is 15.9. The van der Waals surface area contributed by atoms with Crippen LogP contribution >= 0.6 is 11.3 Å². The van der Waals surface area contributed by atoms with Gasteiger partial charge < -0.3 is 9.15 Å². The average Bonchev–Trinajstić information content (AvgIpc) is 3.35. The van der Waals surface area contributed by atoms with Crippen LogP contribution in [0.4, 0.5) is 0 Å². The van der Waals surface area contributed by atoms with Crippen LogP contribution in [-0.2, 0) is 11.2 Å². The number of ether oxygens (including phenoxy) is 1. The second-order valence-corrected chi connectivity index (χ2v) is 7.71. The molecule has 0 radical (unpaired) electrons. The first-order chi connectivity index (χ1) is 13.2. The van der Waals surface area contributed by atoms with Crippen LogP contribution in [0.3, 0.4) is 0 Å². The van der Waals surface area contributed by atoms with Crippen LogP contribution in [0.15, 0.2) is 40.7 Å². The highest BCUT2D eigenvalue weighted by Gasteiger charge is 2.25. The highest BCUT2D eigenvalue weighted by molar-refractivity contribution is 7.18. The Morgan fingerprint density at radius 1 is 1.33 bits per heavy atom. The van der Waals surface area contributed by atoms with Crippen LogP contribution in [-0.4, -0.2) is 27.7 Å². The van der Waals surface area contributed by atoms with Crippen molar-refractivity contribution in [3.05, 3.63) is 47.8 Å². The lowest BCUT2D eigenvalue weighted by molar-refractivity contribution is 0.102. The molecule has 27 heavy (non-hydrogen) atoms. The zero-order valence-corrected chi connectivity index (χ0v) is 16.7. The smallest absolute Gasteiger partial charge is 0.238 e. The first-order valence-corrected chi connectivity index (χ1v) is 10.2. The summed E-state index contributed by atoms with van der Waals surface area (Å²) < 4.78 is 11.9. The minimum Gasteiger partial charge on any atom is -0.440 e. The summed E-state index contributed by atoms with van der Waals surface area (Å²) in [7, 11) is 0. The van der Waals surface area contributed by atoms with Crippen molar-refractivity contribution < 1.29 is 9.15 Å². The second-order valence-electron chi connectivity index (χ2n) is 6.67. The molecule has 5 nitrogen and oxygen atoms in total. The van der Waals surface area contributed by atoms with Gasteiger partial charge in [-0.05, 0) is 56.9 Å². The number of aromatic nitrogens is 3. The van der Waals surface area contributed by atoms with Gasteiger partial charge in [-0.2, -0.15) is 0 Å². The molecule has 1 unspecified atom stereocenters. The molecule has 0 N–H and O–H groups in total. The van der Waals surface area contributed by atoms with E-state index in [1.54, 1.807) is 17.5 Å². The summed E-state index contributed by atoms with van der Waals surface area (Å²) in [6.45, 7) is 6.98. The van der Waals surface area contributed by atoms with Crippen LogP contribution in [0.5, 0.6) is 0 Å². The Morgan fingerprint density at radius 3 is 3.00 bits per heavy atom. The summed E-state index contributed by atoms with van der Waals surface area (Å²) in [4.78, 5) is 14.5. The van der Waals surface area contributed by atoms with Gasteiger partial charge >= 0.3 is 0 Å². The highest BCUT2D eigenvalue weighted by Crippen LogP contribution is 2.38. The third-order valence-electron chi connectivity index (χ3n) is 4.94. The summed E-state index contributed by atoms with van der Waals surface area (Å²) in [5.74, 6) is 1.63. The van der Waals surface area contributed by atoms with Gasteiger partial charge in [-0.3, -0.25) is 4.98 Å². The van der Waals surface area contributed by atoms with Gasteiger partial charge in [-0.25, -0.2) is 9.97 Å². The van der Waals surface area contributed by atoms with Gasteiger partial charge in [0.15, 0.2) is 0 Å². The van der Waals surface area contributed by atoms with E-state index in [2.05, 4.69) is 23.8 Å². The molecule has 0 spiro atoms. The standard InChI is InChI=1S/C21H23N3O2S/c1-4-25-14(3)13(2)16-8-5-9-17-19(16)24-20(26-17)18-12-23-21(27-18)15-7-6-10-22-11-15/h6-7,10-12,14H,4-5,8-9H2,1-3H3. The predicted octanol–water partition coefficient (Wildman–Crippen LogP) is 5.39. The number of pyridine rings is 1. The van der Waals surface area contributed by atoms with Crippen LogP contribution in [0.2, 0.25) is 0 Å². The average molecular weight is 382 g/mol. The molecule has 3 aromatic rings. The van der Waals surface area contributed by atoms with Gasteiger partial charge in [-0.15, -0.1) is 11.3 Å². The van der Waals surface area contributed by atoms with Crippen LogP contribution in [0.1, 0.15) is 45.1 Å². The maximum absolute atomic E-state index is 6.13. The van der Waals surface area contributed by atoms with Crippen molar-refractivity contribution in [3.63, 3.8) is 0 Å². The fourth-order valence-corrected chi connectivity index (χ4v) is 4.24. The van der Waals surface area contributed by atoms with E-state index < -0.39 is 0 Å². The van der Waals surface area contributed by atoms with Crippen molar-refractivity contribution in [1.82, 2.24) is 15.0 Å². The molecule has 1 aliphatic rings. The molecule has 1 aliphatic carbocycles. The van der Waals surface area contributed by atoms with Crippen molar-refractivity contribution in [2.75, 3.05) is 6.61 Å². The Balaban J connectivity index is 1.68. The Morgan fingerprint density at radius 2 is 2.22 bits per heavy atom. The van der Waals surface area contributed by atoms with Gasteiger partial charge in [-0.1, -0.05) is 0 Å². The van der Waals surface area contributed by atoms with Crippen LogP contribution in [0.25, 0.3) is 26.9 Å². The third kappa shape index (κ3) is 3.59. The van der Waals surface area contributed by atoms with Crippen LogP contribution < -0.4 is 0 Å². The fourth-order valence-electron chi connectivity index (χ4n) is 3.41. The molecule has 3 aromatic heterocycles. The summed E-state index contributed by atoms with van der Waals surface area (Å²) in [6.07, 6.45) is 8.54. The molecule has 1 atom stereocenters. The quantitative estimate of drug-likeness (QED) is 0.592. The molecule has 0 saturated carbocycles. The number of allylic oxidation sites excluding steroid dienone is 1. The van der Waals surface area contributed by atoms with Gasteiger partial charge in [0.05, 0.1) is 12.3 Å². The molecular weight excluding hydrogens is 358 g/mol. The molecule has 0 bridgehead atoms. The molecule has 0 fully saturated rings. The zero-order chi connectivity index (χ0) is 18.8. The number of rotatable bonds is 5. The maximum atomic E-state index is 6.13. The Labute approximate surface area is 163 Å². The number of nitrogens with zero attached hydrogens (tertiary/aromatic N) is 3. The number of aryl methyl sites for hydroxylation is 1. The van der Waals surface area contributed by atoms with E-state index in [4.69, 9.17) is 14.1 Å². The van der Waals surface area contributed by atoms with Gasteiger partial charge in [0.2, 0.25) is 5.89 Å². The molecular formula is C21H23N3O2S. The largest absolute Gasteiger partial charge is 0.440 e. The molecule has 0 aromatic carbocycles. The SMILES string of the molecule is CCOC(C)C(C)=C1CCCc2oc(-c3cnc(-c4cccnc4)s3)nc21. The Hall–Kier alpha value is -2.31. The molecule has 4 rings (SSSR count). The van der Waals surface area contributed by atoms with Crippen molar-refractivity contribution in [2.45, 2.75) is 46.1 Å². The fraction of sp³-hybridized carbons (Fsp3) is 0.381. The normalized spacial score (nSPS) is 16.9. The number of hydrogen-bond acceptors (Lipinski definition) is 6. The number of thiazole rings is 1. The lowest BCUT2D eigenvalue weighted by Gasteiger charge is -2.20. The minimum absolute atomic E-state index is 0.0942. The van der Waals surface area contributed by atoms with E-state index in [-0.39, 0.29) is 6.10 Å². The number of fused-ring (bicyclic) bond motifs is 1. The van der Waals surface area contributed by atoms with Crippen LogP contribution in [0, 0.1) is 0 Å². The molecule has 0 saturated heterocycles. The first-order valence-electron chi connectivity index (χ1n) is 9.35. The Bertz CT molecular complexity index is 959. The number of oxazole rings is 1. The second kappa shape index (κ2) is 7.74. The Kier molecular flexibility index (Phi) is 5.18. The van der Waals surface area contributed by atoms with E-state index in [0.717, 1.165) is 46.2 Å².